The van der Waals surface area contributed by atoms with Gasteiger partial charge in [-0.15, -0.1) is 16.8 Å². The van der Waals surface area contributed by atoms with Crippen LogP contribution in [0.4, 0.5) is 11.4 Å². The molecule has 3 rings (SSSR count). The van der Waals surface area contributed by atoms with E-state index in [0.29, 0.717) is 12.2 Å². The fourth-order valence-electron chi connectivity index (χ4n) is 2.53. The molecule has 2 N–H and O–H groups in total. The summed E-state index contributed by atoms with van der Waals surface area (Å²) < 4.78 is 1.67. The summed E-state index contributed by atoms with van der Waals surface area (Å²) in [7, 11) is 0. The third-order valence-electron chi connectivity index (χ3n) is 3.62. The Balaban J connectivity index is 2.13. The van der Waals surface area contributed by atoms with Gasteiger partial charge < -0.3 is 14.8 Å². The molecule has 0 saturated heterocycles. The van der Waals surface area contributed by atoms with Crippen LogP contribution in [0.15, 0.2) is 71.4 Å². The molecular formula is C18H15N3O3. The number of aromatic nitrogens is 1. The number of hydrogen-bond acceptors (Lipinski definition) is 4. The molecule has 0 amide bonds. The summed E-state index contributed by atoms with van der Waals surface area (Å²) in [5.74, 6) is -1.12. The predicted octanol–water partition coefficient (Wildman–Crippen LogP) is 4.65. The summed E-state index contributed by atoms with van der Waals surface area (Å²) >= 11 is 0. The van der Waals surface area contributed by atoms with Crippen LogP contribution in [0.25, 0.3) is 10.9 Å². The number of benzene rings is 2. The van der Waals surface area contributed by atoms with Crippen LogP contribution in [0.2, 0.25) is 0 Å². The fourth-order valence-corrected chi connectivity index (χ4v) is 2.53. The number of nitrogens with zero attached hydrogens (tertiary/aromatic N) is 3. The van der Waals surface area contributed by atoms with Gasteiger partial charge in [-0.3, -0.25) is 0 Å². The van der Waals surface area contributed by atoms with Crippen molar-refractivity contribution >= 4 is 28.2 Å². The van der Waals surface area contributed by atoms with Crippen molar-refractivity contribution in [3.05, 3.63) is 66.7 Å². The summed E-state index contributed by atoms with van der Waals surface area (Å²) in [5.41, 5.74) is 1.38. The van der Waals surface area contributed by atoms with E-state index in [4.69, 9.17) is 0 Å². The van der Waals surface area contributed by atoms with Gasteiger partial charge in [0.05, 0.1) is 11.1 Å². The van der Waals surface area contributed by atoms with E-state index in [2.05, 4.69) is 16.8 Å². The van der Waals surface area contributed by atoms with E-state index in [1.807, 2.05) is 24.3 Å². The van der Waals surface area contributed by atoms with Crippen molar-refractivity contribution in [2.24, 2.45) is 10.2 Å². The number of fused-ring (bicyclic) bond motifs is 1. The maximum absolute atomic E-state index is 11.2. The van der Waals surface area contributed by atoms with E-state index in [1.54, 1.807) is 28.8 Å². The lowest BCUT2D eigenvalue weighted by molar-refractivity contribution is 0.0697. The normalized spacial score (nSPS) is 11.2. The molecule has 6 heteroatoms. The van der Waals surface area contributed by atoms with E-state index >= 15 is 0 Å². The minimum absolute atomic E-state index is 0.0346. The maximum atomic E-state index is 11.2. The van der Waals surface area contributed by atoms with Gasteiger partial charge >= 0.3 is 5.97 Å². The van der Waals surface area contributed by atoms with Crippen molar-refractivity contribution in [1.82, 2.24) is 4.57 Å². The quantitative estimate of drug-likeness (QED) is 0.530. The number of carbonyl (C=O) groups is 1. The molecule has 0 radical (unpaired) electrons. The molecule has 3 aromatic rings. The van der Waals surface area contributed by atoms with Crippen molar-refractivity contribution in [2.75, 3.05) is 0 Å². The van der Waals surface area contributed by atoms with E-state index in [-0.39, 0.29) is 17.1 Å². The summed E-state index contributed by atoms with van der Waals surface area (Å²) in [5, 5.41) is 28.5. The average molecular weight is 321 g/mol. The average Bonchev–Trinajstić information content (AvgIpc) is 2.86. The third-order valence-corrected chi connectivity index (χ3v) is 3.62. The van der Waals surface area contributed by atoms with Crippen molar-refractivity contribution in [2.45, 2.75) is 6.54 Å². The number of aromatic hydroxyl groups is 1. The van der Waals surface area contributed by atoms with Gasteiger partial charge in [-0.1, -0.05) is 36.4 Å². The second-order valence-electron chi connectivity index (χ2n) is 5.11. The number of hydrogen-bond donors (Lipinski definition) is 2. The first-order valence-electron chi connectivity index (χ1n) is 7.28. The van der Waals surface area contributed by atoms with Crippen LogP contribution in [-0.4, -0.2) is 20.7 Å². The first-order chi connectivity index (χ1) is 11.6. The van der Waals surface area contributed by atoms with Gasteiger partial charge in [-0.05, 0) is 18.2 Å². The van der Waals surface area contributed by atoms with E-state index in [9.17, 15) is 15.0 Å². The molecule has 0 fully saturated rings. The third kappa shape index (κ3) is 2.65. The Morgan fingerprint density at radius 3 is 2.58 bits per heavy atom. The predicted molar refractivity (Wildman–Crippen MR) is 91.4 cm³/mol. The fraction of sp³-hybridized carbons (Fsp3) is 0.0556. The maximum Gasteiger partial charge on any atom is 0.337 e. The van der Waals surface area contributed by atoms with Gasteiger partial charge in [-0.25, -0.2) is 4.79 Å². The second-order valence-corrected chi connectivity index (χ2v) is 5.11. The van der Waals surface area contributed by atoms with Gasteiger partial charge in [0.2, 0.25) is 5.88 Å². The summed E-state index contributed by atoms with van der Waals surface area (Å²) in [6.07, 6.45) is 1.67. The van der Waals surface area contributed by atoms with Crippen LogP contribution in [0, 0.1) is 0 Å². The number of rotatable bonds is 5. The first-order valence-corrected chi connectivity index (χ1v) is 7.28. The van der Waals surface area contributed by atoms with Crippen LogP contribution in [0.5, 0.6) is 5.88 Å². The van der Waals surface area contributed by atoms with Gasteiger partial charge in [-0.2, -0.15) is 0 Å². The van der Waals surface area contributed by atoms with Crippen LogP contribution in [-0.2, 0) is 6.54 Å². The Bertz CT molecular complexity index is 957. The molecule has 0 aliphatic carbocycles. The van der Waals surface area contributed by atoms with Crippen molar-refractivity contribution in [1.29, 1.82) is 0 Å². The number of allylic oxidation sites excluding steroid dienone is 1. The minimum atomic E-state index is -1.08. The Hall–Kier alpha value is -3.41. The van der Waals surface area contributed by atoms with Crippen molar-refractivity contribution < 1.29 is 15.0 Å². The zero-order valence-corrected chi connectivity index (χ0v) is 12.8. The highest BCUT2D eigenvalue weighted by molar-refractivity contribution is 5.95. The zero-order chi connectivity index (χ0) is 17.1. The molecule has 24 heavy (non-hydrogen) atoms. The highest BCUT2D eigenvalue weighted by Gasteiger charge is 2.16. The highest BCUT2D eigenvalue weighted by atomic mass is 16.4. The molecular weight excluding hydrogens is 306 g/mol. The molecule has 0 bridgehead atoms. The largest absolute Gasteiger partial charge is 0.493 e. The van der Waals surface area contributed by atoms with Gasteiger partial charge in [0.1, 0.15) is 5.69 Å². The van der Waals surface area contributed by atoms with E-state index in [0.717, 1.165) is 10.9 Å². The molecule has 1 aromatic heterocycles. The molecule has 0 unspecified atom stereocenters. The van der Waals surface area contributed by atoms with Crippen LogP contribution < -0.4 is 0 Å². The van der Waals surface area contributed by atoms with Crippen molar-refractivity contribution in [3.63, 3.8) is 0 Å². The van der Waals surface area contributed by atoms with E-state index < -0.39 is 5.97 Å². The SMILES string of the molecule is C=CCn1c(O)c(N=Nc2ccccc2C(=O)O)c2ccccc21. The Morgan fingerprint density at radius 2 is 1.83 bits per heavy atom. The molecule has 6 nitrogen and oxygen atoms in total. The van der Waals surface area contributed by atoms with Crippen LogP contribution in [0.3, 0.4) is 0 Å². The van der Waals surface area contributed by atoms with Gasteiger partial charge in [0, 0.05) is 11.9 Å². The molecule has 0 atom stereocenters. The molecule has 0 saturated carbocycles. The standard InChI is InChI=1S/C18H15N3O3/c1-2-11-21-15-10-6-4-8-13(15)16(17(21)22)20-19-14-9-5-3-7-12(14)18(23)24/h2-10,22H,1,11H2,(H,23,24). The lowest BCUT2D eigenvalue weighted by Crippen LogP contribution is -1.95. The minimum Gasteiger partial charge on any atom is -0.493 e. The molecule has 1 heterocycles. The Labute approximate surface area is 138 Å². The molecule has 120 valence electrons. The first kappa shape index (κ1) is 15.5. The number of carboxylic acids is 1. The van der Waals surface area contributed by atoms with Gasteiger partial charge in [0.25, 0.3) is 0 Å². The van der Waals surface area contributed by atoms with Crippen molar-refractivity contribution in [3.8, 4) is 5.88 Å². The summed E-state index contributed by atoms with van der Waals surface area (Å²) in [6, 6.07) is 13.7. The zero-order valence-electron chi connectivity index (χ0n) is 12.8. The summed E-state index contributed by atoms with van der Waals surface area (Å²) in [6.45, 7) is 4.11. The number of azo groups is 1. The monoisotopic (exact) mass is 321 g/mol. The van der Waals surface area contributed by atoms with Crippen LogP contribution in [0.1, 0.15) is 10.4 Å². The number of carboxylic acid groups (broad SMARTS) is 1. The lowest BCUT2D eigenvalue weighted by Gasteiger charge is -2.02. The molecule has 0 aliphatic heterocycles. The Kier molecular flexibility index (Phi) is 4.11. The second kappa shape index (κ2) is 6.37. The molecule has 0 aliphatic rings. The smallest absolute Gasteiger partial charge is 0.337 e. The van der Waals surface area contributed by atoms with E-state index in [1.165, 1.54) is 6.07 Å². The van der Waals surface area contributed by atoms with Crippen LogP contribution >= 0.6 is 0 Å². The van der Waals surface area contributed by atoms with Gasteiger partial charge in [0.15, 0.2) is 5.69 Å². The Morgan fingerprint density at radius 1 is 1.12 bits per heavy atom. The number of para-hydroxylation sites is 1. The summed E-state index contributed by atoms with van der Waals surface area (Å²) in [4.78, 5) is 11.2. The molecule has 2 aromatic carbocycles. The lowest BCUT2D eigenvalue weighted by atomic mass is 10.2. The molecule has 0 spiro atoms. The highest BCUT2D eigenvalue weighted by Crippen LogP contribution is 2.39. The number of aromatic carboxylic acids is 1. The topological polar surface area (TPSA) is 87.2 Å².